The third-order valence-electron chi connectivity index (χ3n) is 22.8. The fourth-order valence-electron chi connectivity index (χ4n) is 15.8. The van der Waals surface area contributed by atoms with E-state index in [1.165, 1.54) is 0 Å². The highest BCUT2D eigenvalue weighted by atomic mass is 16.3. The van der Waals surface area contributed by atoms with Crippen LogP contribution in [-0.2, 0) is 0 Å². The van der Waals surface area contributed by atoms with Crippen molar-refractivity contribution >= 4 is 183 Å². The van der Waals surface area contributed by atoms with Crippen molar-refractivity contribution < 1.29 is 49.5 Å². The average molecular weight is 1720 g/mol. The van der Waals surface area contributed by atoms with Gasteiger partial charge in [-0.25, -0.2) is 0 Å². The molecule has 642 valence electrons. The Morgan fingerprint density at radius 3 is 0.832 bits per heavy atom. The topological polar surface area (TPSA) is 247 Å². The van der Waals surface area contributed by atoms with Gasteiger partial charge in [-0.1, -0.05) is 279 Å². The molecule has 0 spiro atoms. The lowest BCUT2D eigenvalue weighted by molar-refractivity contribution is 0.101. The lowest BCUT2D eigenvalue weighted by Crippen LogP contribution is -2.13. The molecule has 19 aromatic carbocycles. The standard InChI is InChI=1S/4C24H19NO2.C20H17NO2/c1-15(2)16-9-10-18-14-19(12-11-17(18)13-16)24(27)25-22-7-3-6-21-20(22)5-4-8-23(21)26;1-15(2)16-13-14-21(18-8-4-3-7-17(16)18)24(27)25-22-11-5-10-20-19(22)9-6-12-23(20)26;1-15(2)16-11-12-21(18-8-4-3-7-17(16)18)24(27)25-22-13-14-23(26)20-10-6-5-9-19(20)22;1-15(2)17-6-7-19-13-20(9-8-18(19)12-17)24(27)25-23-5-3-4-16-10-11-21(26)14-22(16)23;1-13(2)14-6-8-16(9-7-14)20(23)21-19-5-3-4-15-10-11-17(22)12-18(15)19/h4*3-14,26H,1H2,2H3,(H,25,27);3-12,22H,1H2,2H3,(H,21,23). The van der Waals surface area contributed by atoms with Gasteiger partial charge in [0.15, 0.2) is 0 Å². The Morgan fingerprint density at radius 2 is 0.450 bits per heavy atom. The van der Waals surface area contributed by atoms with Crippen LogP contribution in [0.3, 0.4) is 0 Å². The van der Waals surface area contributed by atoms with Crippen LogP contribution in [0.5, 0.6) is 28.7 Å². The maximum Gasteiger partial charge on any atom is 0.256 e. The van der Waals surface area contributed by atoms with Gasteiger partial charge >= 0.3 is 0 Å². The quantitative estimate of drug-likeness (QED) is 0.0435. The molecular formula is C116H93N5O10. The number of phenolic OH excluding ortho intramolecular Hbond substituents is 5. The van der Waals surface area contributed by atoms with Gasteiger partial charge in [-0.3, -0.25) is 24.0 Å². The summed E-state index contributed by atoms with van der Waals surface area (Å²) in [5.41, 5.74) is 16.5. The van der Waals surface area contributed by atoms with Gasteiger partial charge in [0.2, 0.25) is 0 Å². The lowest BCUT2D eigenvalue weighted by Gasteiger charge is -2.13. The fraction of sp³-hybridized carbons (Fsp3) is 0.0431. The van der Waals surface area contributed by atoms with Gasteiger partial charge in [0.25, 0.3) is 29.5 Å². The Balaban J connectivity index is 0.000000126. The number of carbonyl (C=O) groups is 5. The SMILES string of the molecule is C=C(C)c1ccc(C(=O)Nc2ccc(O)c3ccccc23)c2ccccc12.C=C(C)c1ccc(C(=O)Nc2cccc3c(O)cccc23)c2ccccc12.C=C(C)c1ccc(C(=O)Nc2cccc3ccc(O)cc23)cc1.C=C(C)c1ccc2cc(C(=O)Nc3cccc4c(O)cccc34)ccc2c1.C=C(C)c1ccc2cc(C(=O)Nc3cccc4ccc(O)cc34)ccc2c1. The van der Waals surface area contributed by atoms with E-state index in [4.69, 9.17) is 0 Å². The third kappa shape index (κ3) is 20.0. The highest BCUT2D eigenvalue weighted by molar-refractivity contribution is 6.20. The number of phenols is 5. The highest BCUT2D eigenvalue weighted by Gasteiger charge is 2.20. The van der Waals surface area contributed by atoms with Crippen molar-refractivity contribution in [3.8, 4) is 28.7 Å². The van der Waals surface area contributed by atoms with Gasteiger partial charge in [-0.05, 0) is 250 Å². The van der Waals surface area contributed by atoms with Gasteiger partial charge in [0.1, 0.15) is 28.7 Å². The highest BCUT2D eigenvalue weighted by Crippen LogP contribution is 2.38. The second-order valence-electron chi connectivity index (χ2n) is 32.2. The smallest absolute Gasteiger partial charge is 0.256 e. The van der Waals surface area contributed by atoms with E-state index in [-0.39, 0.29) is 58.3 Å². The van der Waals surface area contributed by atoms with Crippen molar-refractivity contribution in [3.05, 3.63) is 440 Å². The average Bonchev–Trinajstić information content (AvgIpc) is 0.751. The summed E-state index contributed by atoms with van der Waals surface area (Å²) < 4.78 is 0. The second-order valence-corrected chi connectivity index (χ2v) is 32.2. The van der Waals surface area contributed by atoms with Crippen LogP contribution >= 0.6 is 0 Å². The van der Waals surface area contributed by atoms with Crippen molar-refractivity contribution in [2.24, 2.45) is 0 Å². The number of benzene rings is 19. The second kappa shape index (κ2) is 39.0. The molecule has 0 unspecified atom stereocenters. The number of nitrogens with one attached hydrogen (secondary N) is 5. The van der Waals surface area contributed by atoms with Crippen LogP contribution in [0.4, 0.5) is 28.4 Å². The fourth-order valence-corrected chi connectivity index (χ4v) is 15.8. The van der Waals surface area contributed by atoms with Crippen molar-refractivity contribution in [1.29, 1.82) is 0 Å². The lowest BCUT2D eigenvalue weighted by atomic mass is 9.96. The minimum atomic E-state index is -0.186. The van der Waals surface area contributed by atoms with E-state index in [1.54, 1.807) is 72.8 Å². The maximum atomic E-state index is 13.0. The molecule has 5 amide bonds. The zero-order valence-corrected chi connectivity index (χ0v) is 72.8. The third-order valence-corrected chi connectivity index (χ3v) is 22.8. The van der Waals surface area contributed by atoms with Crippen molar-refractivity contribution in [2.45, 2.75) is 34.6 Å². The van der Waals surface area contributed by atoms with Crippen LogP contribution in [0.2, 0.25) is 0 Å². The van der Waals surface area contributed by atoms with E-state index in [2.05, 4.69) is 71.6 Å². The largest absolute Gasteiger partial charge is 0.508 e. The number of fused-ring (bicyclic) bond motifs is 9. The summed E-state index contributed by atoms with van der Waals surface area (Å²) in [6, 6.07) is 108. The van der Waals surface area contributed by atoms with E-state index in [9.17, 15) is 49.5 Å². The molecule has 0 aliphatic heterocycles. The molecule has 0 saturated heterocycles. The molecular weight excluding hydrogens is 1620 g/mol. The molecule has 0 heterocycles. The number of amides is 5. The molecule has 15 heteroatoms. The number of carbonyl (C=O) groups excluding carboxylic acids is 5. The van der Waals surface area contributed by atoms with Gasteiger partial charge in [0.05, 0.1) is 0 Å². The minimum absolute atomic E-state index is 0.170. The summed E-state index contributed by atoms with van der Waals surface area (Å²) in [5, 5.41) is 80.3. The molecule has 19 aromatic rings. The molecule has 0 saturated carbocycles. The van der Waals surface area contributed by atoms with E-state index in [0.29, 0.717) is 72.4 Å². The Hall–Kier alpha value is -17.4. The van der Waals surface area contributed by atoms with Crippen LogP contribution < -0.4 is 26.6 Å². The van der Waals surface area contributed by atoms with E-state index in [1.807, 2.05) is 302 Å². The molecule has 0 aliphatic rings. The Morgan fingerprint density at radius 1 is 0.191 bits per heavy atom. The summed E-state index contributed by atoms with van der Waals surface area (Å²) in [6.07, 6.45) is 0. The summed E-state index contributed by atoms with van der Waals surface area (Å²) in [6.45, 7) is 29.7. The van der Waals surface area contributed by atoms with Crippen LogP contribution in [-0.4, -0.2) is 55.1 Å². The summed E-state index contributed by atoms with van der Waals surface area (Å²) >= 11 is 0. The first kappa shape index (κ1) is 88.4. The van der Waals surface area contributed by atoms with Crippen molar-refractivity contribution in [3.63, 3.8) is 0 Å². The van der Waals surface area contributed by atoms with Gasteiger partial charge in [-0.15, -0.1) is 0 Å². The molecule has 15 nitrogen and oxygen atoms in total. The van der Waals surface area contributed by atoms with Crippen molar-refractivity contribution in [2.75, 3.05) is 26.6 Å². The maximum absolute atomic E-state index is 13.0. The number of hydrogen-bond donors (Lipinski definition) is 10. The first-order valence-corrected chi connectivity index (χ1v) is 42.3. The summed E-state index contributed by atoms with van der Waals surface area (Å²) in [4.78, 5) is 64.1. The molecule has 0 radical (unpaired) electrons. The van der Waals surface area contributed by atoms with Crippen LogP contribution in [0, 0.1) is 0 Å². The molecule has 0 fully saturated rings. The number of aromatic hydroxyl groups is 5. The molecule has 19 rings (SSSR count). The summed E-state index contributed by atoms with van der Waals surface area (Å²) in [5.74, 6) is 0.00346. The van der Waals surface area contributed by atoms with E-state index in [0.717, 1.165) is 136 Å². The first-order valence-electron chi connectivity index (χ1n) is 42.3. The van der Waals surface area contributed by atoms with Crippen LogP contribution in [0.15, 0.2) is 385 Å². The van der Waals surface area contributed by atoms with E-state index < -0.39 is 0 Å². The first-order chi connectivity index (χ1) is 63.2. The Bertz CT molecular complexity index is 7600. The predicted octanol–water partition coefficient (Wildman–Crippen LogP) is 28.8. The Kier molecular flexibility index (Phi) is 26.3. The molecule has 131 heavy (non-hydrogen) atoms. The molecule has 0 atom stereocenters. The molecule has 0 aromatic heterocycles. The summed E-state index contributed by atoms with van der Waals surface area (Å²) in [7, 11) is 0. The molecule has 10 N–H and O–H groups in total. The normalized spacial score (nSPS) is 10.8. The van der Waals surface area contributed by atoms with Gasteiger partial charge in [0, 0.05) is 99.3 Å². The zero-order chi connectivity index (χ0) is 92.3. The van der Waals surface area contributed by atoms with Gasteiger partial charge in [-0.2, -0.15) is 0 Å². The molecule has 0 bridgehead atoms. The van der Waals surface area contributed by atoms with Crippen molar-refractivity contribution in [1.82, 2.24) is 0 Å². The van der Waals surface area contributed by atoms with E-state index >= 15 is 0 Å². The number of anilines is 5. The number of rotatable bonds is 15. The monoisotopic (exact) mass is 1720 g/mol. The zero-order valence-electron chi connectivity index (χ0n) is 72.8. The van der Waals surface area contributed by atoms with Crippen LogP contribution in [0.25, 0.3) is 125 Å². The number of hydrogen-bond acceptors (Lipinski definition) is 10. The minimum Gasteiger partial charge on any atom is -0.508 e. The van der Waals surface area contributed by atoms with Gasteiger partial charge < -0.3 is 52.1 Å². The predicted molar refractivity (Wildman–Crippen MR) is 544 cm³/mol. The molecule has 0 aliphatic carbocycles. The number of allylic oxidation sites excluding steroid dienone is 5. The Labute approximate surface area is 757 Å². The van der Waals surface area contributed by atoms with Crippen LogP contribution in [0.1, 0.15) is 114 Å².